The van der Waals surface area contributed by atoms with E-state index >= 15 is 0 Å². The highest BCUT2D eigenvalue weighted by atomic mass is 32.3. The molecular formula is C14H18FNO5S2. The molecule has 0 bridgehead atoms. The van der Waals surface area contributed by atoms with E-state index in [9.17, 15) is 21.9 Å². The highest BCUT2D eigenvalue weighted by Crippen LogP contribution is 2.34. The second-order valence-electron chi connectivity index (χ2n) is 6.42. The van der Waals surface area contributed by atoms with Crippen LogP contribution in [0.4, 0.5) is 8.89 Å². The number of hydrogen-bond acceptors (Lipinski definition) is 6. The lowest BCUT2D eigenvalue weighted by molar-refractivity contribution is -0.117. The molecule has 1 fully saturated rings. The summed E-state index contributed by atoms with van der Waals surface area (Å²) in [4.78, 5) is 25.6. The number of carbonyl (C=O) groups is 2. The summed E-state index contributed by atoms with van der Waals surface area (Å²) < 4.78 is 39.6. The van der Waals surface area contributed by atoms with E-state index in [0.717, 1.165) is 0 Å². The quantitative estimate of drug-likeness (QED) is 0.606. The van der Waals surface area contributed by atoms with Gasteiger partial charge in [-0.1, -0.05) is 0 Å². The van der Waals surface area contributed by atoms with Crippen molar-refractivity contribution in [2.45, 2.75) is 32.8 Å². The topological polar surface area (TPSA) is 80.8 Å². The lowest BCUT2D eigenvalue weighted by Gasteiger charge is -2.21. The van der Waals surface area contributed by atoms with Crippen molar-refractivity contribution >= 4 is 38.4 Å². The molecule has 1 saturated heterocycles. The van der Waals surface area contributed by atoms with E-state index < -0.39 is 33.5 Å². The molecule has 2 heterocycles. The lowest BCUT2D eigenvalue weighted by Crippen LogP contribution is -2.28. The number of thiophene rings is 1. The van der Waals surface area contributed by atoms with Crippen LogP contribution in [-0.2, 0) is 19.8 Å². The number of rotatable bonds is 4. The fourth-order valence-corrected chi connectivity index (χ4v) is 4.07. The zero-order valence-corrected chi connectivity index (χ0v) is 14.7. The maximum atomic E-state index is 12.8. The summed E-state index contributed by atoms with van der Waals surface area (Å²) in [7, 11) is -4.64. The smallest absolute Gasteiger partial charge is 0.341 e. The Hall–Kier alpha value is -1.48. The molecule has 1 aliphatic rings. The van der Waals surface area contributed by atoms with Crippen LogP contribution in [0, 0.1) is 5.92 Å². The van der Waals surface area contributed by atoms with Crippen LogP contribution in [0.1, 0.15) is 37.6 Å². The molecule has 128 valence electrons. The van der Waals surface area contributed by atoms with Gasteiger partial charge in [-0.3, -0.25) is 4.79 Å². The van der Waals surface area contributed by atoms with Gasteiger partial charge in [0.2, 0.25) is 5.91 Å². The average Bonchev–Trinajstić information content (AvgIpc) is 2.90. The molecule has 9 heteroatoms. The van der Waals surface area contributed by atoms with Crippen molar-refractivity contribution < 1.29 is 26.6 Å². The van der Waals surface area contributed by atoms with Crippen molar-refractivity contribution in [2.24, 2.45) is 5.92 Å². The minimum Gasteiger partial charge on any atom is -0.456 e. The normalized spacial score (nSPS) is 19.2. The van der Waals surface area contributed by atoms with Gasteiger partial charge in [0.15, 0.2) is 0 Å². The van der Waals surface area contributed by atoms with Crippen LogP contribution in [0.15, 0.2) is 11.4 Å². The zero-order valence-electron chi connectivity index (χ0n) is 13.0. The predicted molar refractivity (Wildman–Crippen MR) is 84.8 cm³/mol. The van der Waals surface area contributed by atoms with Crippen molar-refractivity contribution in [2.75, 3.05) is 17.2 Å². The molecule has 6 nitrogen and oxygen atoms in total. The summed E-state index contributed by atoms with van der Waals surface area (Å²) in [5, 5.41) is 2.06. The monoisotopic (exact) mass is 363 g/mol. The van der Waals surface area contributed by atoms with Crippen molar-refractivity contribution in [3.63, 3.8) is 0 Å². The van der Waals surface area contributed by atoms with Crippen molar-refractivity contribution in [3.8, 4) is 0 Å². The maximum absolute atomic E-state index is 12.8. The Morgan fingerprint density at radius 2 is 2.13 bits per heavy atom. The van der Waals surface area contributed by atoms with Crippen LogP contribution in [0.25, 0.3) is 0 Å². The molecular weight excluding hydrogens is 345 g/mol. The molecule has 0 spiro atoms. The molecule has 1 aromatic heterocycles. The van der Waals surface area contributed by atoms with Crippen molar-refractivity contribution in [1.29, 1.82) is 0 Å². The summed E-state index contributed by atoms with van der Waals surface area (Å²) in [6.07, 6.45) is -0.0607. The van der Waals surface area contributed by atoms with Crippen LogP contribution in [0.2, 0.25) is 0 Å². The van der Waals surface area contributed by atoms with Crippen LogP contribution in [0.5, 0.6) is 0 Å². The standard InChI is InChI=1S/C14H18FNO5S2/c1-14(2,3)21-13(18)10-4-5-22-12(10)16-7-9(6-11(16)17)8-23(15,19)20/h4-5,9H,6-8H2,1-3H3. The van der Waals surface area contributed by atoms with E-state index in [2.05, 4.69) is 0 Å². The molecule has 1 atom stereocenters. The first-order valence-corrected chi connectivity index (χ1v) is 9.43. The Balaban J connectivity index is 2.19. The van der Waals surface area contributed by atoms with Gasteiger partial charge in [0.05, 0.1) is 11.3 Å². The summed E-state index contributed by atoms with van der Waals surface area (Å²) in [6.45, 7) is 5.28. The minimum absolute atomic E-state index is 0.0607. The number of nitrogens with zero attached hydrogens (tertiary/aromatic N) is 1. The number of esters is 1. The third kappa shape index (κ3) is 4.74. The third-order valence-corrected chi connectivity index (χ3v) is 4.95. The van der Waals surface area contributed by atoms with Crippen LogP contribution in [0.3, 0.4) is 0 Å². The molecule has 1 aromatic rings. The average molecular weight is 363 g/mol. The summed E-state index contributed by atoms with van der Waals surface area (Å²) in [5.41, 5.74) is -0.419. The van der Waals surface area contributed by atoms with Gasteiger partial charge in [0, 0.05) is 18.9 Å². The Labute approximate surface area is 138 Å². The fraction of sp³-hybridized carbons (Fsp3) is 0.571. The van der Waals surface area contributed by atoms with E-state index in [-0.39, 0.29) is 24.4 Å². The number of amides is 1. The zero-order chi connectivity index (χ0) is 17.4. The molecule has 1 aliphatic heterocycles. The highest BCUT2D eigenvalue weighted by molar-refractivity contribution is 7.86. The lowest BCUT2D eigenvalue weighted by atomic mass is 10.1. The first kappa shape index (κ1) is 17.9. The third-order valence-electron chi connectivity index (χ3n) is 3.15. The van der Waals surface area contributed by atoms with Gasteiger partial charge in [0.1, 0.15) is 10.6 Å². The molecule has 0 aromatic carbocycles. The summed E-state index contributed by atoms with van der Waals surface area (Å²) in [6, 6.07) is 1.56. The van der Waals surface area contributed by atoms with Crippen LogP contribution in [-0.4, -0.2) is 38.2 Å². The van der Waals surface area contributed by atoms with Crippen LogP contribution < -0.4 is 4.90 Å². The van der Waals surface area contributed by atoms with Gasteiger partial charge in [-0.2, -0.15) is 8.42 Å². The summed E-state index contributed by atoms with van der Waals surface area (Å²) >= 11 is 1.19. The second kappa shape index (κ2) is 6.20. The second-order valence-corrected chi connectivity index (χ2v) is 8.73. The first-order valence-electron chi connectivity index (χ1n) is 7.00. The minimum atomic E-state index is -4.64. The van der Waals surface area contributed by atoms with Crippen LogP contribution >= 0.6 is 11.3 Å². The molecule has 0 N–H and O–H groups in total. The maximum Gasteiger partial charge on any atom is 0.341 e. The van der Waals surface area contributed by atoms with Gasteiger partial charge in [-0.15, -0.1) is 15.2 Å². The number of hydrogen-bond donors (Lipinski definition) is 0. The predicted octanol–water partition coefficient (Wildman–Crippen LogP) is 2.36. The van der Waals surface area contributed by atoms with Crippen molar-refractivity contribution in [3.05, 3.63) is 17.0 Å². The number of ether oxygens (including phenoxy) is 1. The number of anilines is 1. The molecule has 23 heavy (non-hydrogen) atoms. The summed E-state index contributed by atoms with van der Waals surface area (Å²) in [5.74, 6) is -2.19. The van der Waals surface area contributed by atoms with Gasteiger partial charge >= 0.3 is 16.2 Å². The van der Waals surface area contributed by atoms with Crippen molar-refractivity contribution in [1.82, 2.24) is 0 Å². The Morgan fingerprint density at radius 1 is 1.48 bits per heavy atom. The van der Waals surface area contributed by atoms with E-state index in [1.165, 1.54) is 16.2 Å². The Kier molecular flexibility index (Phi) is 4.81. The van der Waals surface area contributed by atoms with Gasteiger partial charge < -0.3 is 9.64 Å². The molecule has 2 rings (SSSR count). The molecule has 0 aliphatic carbocycles. The molecule has 1 unspecified atom stereocenters. The Bertz CT molecular complexity index is 720. The Morgan fingerprint density at radius 3 is 2.70 bits per heavy atom. The van der Waals surface area contributed by atoms with E-state index in [1.54, 1.807) is 32.2 Å². The highest BCUT2D eigenvalue weighted by Gasteiger charge is 2.36. The molecule has 0 radical (unpaired) electrons. The largest absolute Gasteiger partial charge is 0.456 e. The van der Waals surface area contributed by atoms with E-state index in [1.807, 2.05) is 0 Å². The van der Waals surface area contributed by atoms with Gasteiger partial charge in [-0.25, -0.2) is 4.79 Å². The van der Waals surface area contributed by atoms with Gasteiger partial charge in [0.25, 0.3) is 0 Å². The molecule has 1 amide bonds. The van der Waals surface area contributed by atoms with E-state index in [0.29, 0.717) is 5.00 Å². The van der Waals surface area contributed by atoms with Gasteiger partial charge in [-0.05, 0) is 32.2 Å². The first-order chi connectivity index (χ1) is 10.5. The SMILES string of the molecule is CC(C)(C)OC(=O)c1ccsc1N1CC(CS(=O)(=O)F)CC1=O. The fourth-order valence-electron chi connectivity index (χ4n) is 2.37. The van der Waals surface area contributed by atoms with E-state index in [4.69, 9.17) is 4.74 Å². The number of carbonyl (C=O) groups excluding carboxylic acids is 2. The number of halogens is 1. The molecule has 0 saturated carbocycles.